The van der Waals surface area contributed by atoms with Gasteiger partial charge in [-0.2, -0.15) is 17.7 Å². The number of hydrogen-bond acceptors (Lipinski definition) is 3. The Bertz CT molecular complexity index is 343. The van der Waals surface area contributed by atoms with Gasteiger partial charge in [-0.3, -0.25) is 0 Å². The largest absolute Gasteiger partial charge is 0.357 e. The minimum absolute atomic E-state index is 0.140. The van der Waals surface area contributed by atoms with Gasteiger partial charge in [0.1, 0.15) is 6.23 Å². The van der Waals surface area contributed by atoms with Gasteiger partial charge in [0.15, 0.2) is 0 Å². The highest BCUT2D eigenvalue weighted by Gasteiger charge is 2.15. The molecule has 3 nitrogen and oxygen atoms in total. The normalized spacial score (nSPS) is 21.7. The summed E-state index contributed by atoms with van der Waals surface area (Å²) in [6.07, 6.45) is 12.7. The maximum absolute atomic E-state index is 5.67. The van der Waals surface area contributed by atoms with Gasteiger partial charge in [-0.15, -0.1) is 0 Å². The fraction of sp³-hybridized carbons (Fsp3) is 0.583. The molecule has 2 heterocycles. The van der Waals surface area contributed by atoms with E-state index in [1.54, 1.807) is 0 Å². The van der Waals surface area contributed by atoms with Gasteiger partial charge in [0.05, 0.1) is 6.20 Å². The average molecular weight is 238 g/mol. The minimum atomic E-state index is 0.140. The zero-order chi connectivity index (χ0) is 11.2. The van der Waals surface area contributed by atoms with Crippen LogP contribution in [0.3, 0.4) is 0 Å². The zero-order valence-corrected chi connectivity index (χ0v) is 10.3. The monoisotopic (exact) mass is 238 g/mol. The molecule has 0 unspecified atom stereocenters. The quantitative estimate of drug-likeness (QED) is 0.817. The van der Waals surface area contributed by atoms with Crippen molar-refractivity contribution in [3.63, 3.8) is 0 Å². The Kier molecular flexibility index (Phi) is 4.48. The molecule has 0 radical (unpaired) electrons. The standard InChI is InChI=1S/C12H18N2OS/c16-8-4-2-5-11-9-13-14(10-11)12-6-1-3-7-15-12/h2,5,9-10,12,16H,1,3-4,6-8H2/t12-/m0/s1. The lowest BCUT2D eigenvalue weighted by atomic mass is 10.2. The zero-order valence-electron chi connectivity index (χ0n) is 9.38. The molecule has 2 rings (SSSR count). The molecular formula is C12H18N2OS. The predicted octanol–water partition coefficient (Wildman–Crippen LogP) is 2.92. The number of aromatic nitrogens is 2. The van der Waals surface area contributed by atoms with Crippen molar-refractivity contribution in [2.24, 2.45) is 0 Å². The fourth-order valence-electron chi connectivity index (χ4n) is 1.82. The van der Waals surface area contributed by atoms with Gasteiger partial charge >= 0.3 is 0 Å². The molecule has 1 aromatic rings. The smallest absolute Gasteiger partial charge is 0.150 e. The van der Waals surface area contributed by atoms with Crippen LogP contribution in [0.15, 0.2) is 18.5 Å². The van der Waals surface area contributed by atoms with Gasteiger partial charge < -0.3 is 4.74 Å². The summed E-state index contributed by atoms with van der Waals surface area (Å²) in [7, 11) is 0. The molecule has 1 fully saturated rings. The Hall–Kier alpha value is -0.740. The van der Waals surface area contributed by atoms with Gasteiger partial charge in [-0.1, -0.05) is 12.2 Å². The molecule has 1 aliphatic heterocycles. The topological polar surface area (TPSA) is 27.1 Å². The van der Waals surface area contributed by atoms with Crippen LogP contribution in [0.25, 0.3) is 6.08 Å². The lowest BCUT2D eigenvalue weighted by Gasteiger charge is -2.22. The van der Waals surface area contributed by atoms with Crippen molar-refractivity contribution in [1.29, 1.82) is 0 Å². The second kappa shape index (κ2) is 6.11. The van der Waals surface area contributed by atoms with Gasteiger partial charge in [-0.25, -0.2) is 4.68 Å². The van der Waals surface area contributed by atoms with E-state index in [1.165, 1.54) is 12.8 Å². The Labute approximate surface area is 102 Å². The SMILES string of the molecule is SCCC=Cc1cnn([C@@H]2CCCCO2)c1. The van der Waals surface area contributed by atoms with E-state index in [0.29, 0.717) is 0 Å². The average Bonchev–Trinajstić information content (AvgIpc) is 2.79. The van der Waals surface area contributed by atoms with E-state index in [2.05, 4.69) is 29.9 Å². The van der Waals surface area contributed by atoms with E-state index < -0.39 is 0 Å². The summed E-state index contributed by atoms with van der Waals surface area (Å²) in [6, 6.07) is 0. The van der Waals surface area contributed by atoms with E-state index in [4.69, 9.17) is 4.74 Å². The van der Waals surface area contributed by atoms with Gasteiger partial charge in [-0.05, 0) is 31.4 Å². The Morgan fingerprint density at radius 3 is 3.25 bits per heavy atom. The fourth-order valence-corrected chi connectivity index (χ4v) is 1.97. The summed E-state index contributed by atoms with van der Waals surface area (Å²) in [5, 5.41) is 4.34. The maximum Gasteiger partial charge on any atom is 0.150 e. The van der Waals surface area contributed by atoms with Gasteiger partial charge in [0.2, 0.25) is 0 Å². The molecule has 0 amide bonds. The van der Waals surface area contributed by atoms with E-state index >= 15 is 0 Å². The molecule has 16 heavy (non-hydrogen) atoms. The van der Waals surface area contributed by atoms with Crippen LogP contribution in [0.1, 0.15) is 37.5 Å². The first-order chi connectivity index (χ1) is 7.90. The van der Waals surface area contributed by atoms with Crippen molar-refractivity contribution >= 4 is 18.7 Å². The second-order valence-corrected chi connectivity index (χ2v) is 4.44. The number of hydrogen-bond donors (Lipinski definition) is 1. The predicted molar refractivity (Wildman–Crippen MR) is 68.6 cm³/mol. The summed E-state index contributed by atoms with van der Waals surface area (Å²) < 4.78 is 7.60. The molecule has 0 bridgehead atoms. The lowest BCUT2D eigenvalue weighted by Crippen LogP contribution is -2.18. The van der Waals surface area contributed by atoms with Crippen molar-refractivity contribution in [2.75, 3.05) is 12.4 Å². The van der Waals surface area contributed by atoms with Crippen molar-refractivity contribution in [3.05, 3.63) is 24.0 Å². The minimum Gasteiger partial charge on any atom is -0.357 e. The van der Waals surface area contributed by atoms with Crippen molar-refractivity contribution in [3.8, 4) is 0 Å². The van der Waals surface area contributed by atoms with Crippen LogP contribution in [0.2, 0.25) is 0 Å². The molecular weight excluding hydrogens is 220 g/mol. The molecule has 1 saturated heterocycles. The summed E-state index contributed by atoms with van der Waals surface area (Å²) in [5.41, 5.74) is 1.14. The van der Waals surface area contributed by atoms with E-state index in [0.717, 1.165) is 30.8 Å². The number of nitrogens with zero attached hydrogens (tertiary/aromatic N) is 2. The molecule has 1 aliphatic rings. The molecule has 0 N–H and O–H groups in total. The maximum atomic E-state index is 5.67. The molecule has 88 valence electrons. The molecule has 1 aromatic heterocycles. The third-order valence-electron chi connectivity index (χ3n) is 2.68. The number of allylic oxidation sites excluding steroid dienone is 1. The Morgan fingerprint density at radius 1 is 1.56 bits per heavy atom. The molecule has 0 spiro atoms. The Balaban J connectivity index is 1.95. The number of ether oxygens (including phenoxy) is 1. The molecule has 4 heteroatoms. The van der Waals surface area contributed by atoms with Gasteiger partial charge in [0, 0.05) is 18.4 Å². The summed E-state index contributed by atoms with van der Waals surface area (Å²) in [5.74, 6) is 0.885. The van der Waals surface area contributed by atoms with Crippen LogP contribution in [0.5, 0.6) is 0 Å². The molecule has 0 aromatic carbocycles. The highest BCUT2D eigenvalue weighted by molar-refractivity contribution is 7.80. The molecule has 0 aliphatic carbocycles. The van der Waals surface area contributed by atoms with Crippen LogP contribution in [-0.2, 0) is 4.74 Å². The third-order valence-corrected chi connectivity index (χ3v) is 2.94. The summed E-state index contributed by atoms with van der Waals surface area (Å²) >= 11 is 4.16. The molecule has 0 saturated carbocycles. The van der Waals surface area contributed by atoms with Crippen molar-refractivity contribution < 1.29 is 4.74 Å². The summed E-state index contributed by atoms with van der Waals surface area (Å²) in [4.78, 5) is 0. The second-order valence-electron chi connectivity index (χ2n) is 3.99. The highest BCUT2D eigenvalue weighted by atomic mass is 32.1. The van der Waals surface area contributed by atoms with Crippen LogP contribution < -0.4 is 0 Å². The third kappa shape index (κ3) is 3.12. The highest BCUT2D eigenvalue weighted by Crippen LogP contribution is 2.21. The lowest BCUT2D eigenvalue weighted by molar-refractivity contribution is -0.0394. The number of rotatable bonds is 4. The van der Waals surface area contributed by atoms with Gasteiger partial charge in [0.25, 0.3) is 0 Å². The number of thiol groups is 1. The van der Waals surface area contributed by atoms with E-state index in [1.807, 2.05) is 17.1 Å². The first-order valence-corrected chi connectivity index (χ1v) is 6.46. The Morgan fingerprint density at radius 2 is 2.50 bits per heavy atom. The first-order valence-electron chi connectivity index (χ1n) is 5.83. The first kappa shape index (κ1) is 11.7. The van der Waals surface area contributed by atoms with Crippen LogP contribution >= 0.6 is 12.6 Å². The van der Waals surface area contributed by atoms with Crippen LogP contribution in [-0.4, -0.2) is 22.1 Å². The van der Waals surface area contributed by atoms with Crippen molar-refractivity contribution in [1.82, 2.24) is 9.78 Å². The summed E-state index contributed by atoms with van der Waals surface area (Å²) in [6.45, 7) is 0.857. The van der Waals surface area contributed by atoms with Crippen molar-refractivity contribution in [2.45, 2.75) is 31.9 Å². The van der Waals surface area contributed by atoms with E-state index in [9.17, 15) is 0 Å². The molecule has 1 atom stereocenters. The van der Waals surface area contributed by atoms with Crippen LogP contribution in [0, 0.1) is 0 Å². The van der Waals surface area contributed by atoms with E-state index in [-0.39, 0.29) is 6.23 Å². The van der Waals surface area contributed by atoms with Crippen LogP contribution in [0.4, 0.5) is 0 Å².